The van der Waals surface area contributed by atoms with Crippen LogP contribution in [0, 0.1) is 0 Å². The number of fused-ring (bicyclic) bond motifs is 1. The van der Waals surface area contributed by atoms with Crippen LogP contribution in [0.5, 0.6) is 17.2 Å². The second-order valence-corrected chi connectivity index (χ2v) is 11.8. The minimum atomic E-state index is -0.747. The summed E-state index contributed by atoms with van der Waals surface area (Å²) < 4.78 is 25.2. The third kappa shape index (κ3) is 6.80. The topological polar surface area (TPSA) is 88.4 Å². The van der Waals surface area contributed by atoms with Crippen LogP contribution in [0.2, 0.25) is 5.02 Å². The highest BCUT2D eigenvalue weighted by Crippen LogP contribution is 2.36. The number of rotatable bonds is 12. The first-order chi connectivity index (χ1) is 22.3. The van der Waals surface area contributed by atoms with Gasteiger partial charge in [0.25, 0.3) is 5.56 Å². The van der Waals surface area contributed by atoms with E-state index in [0.717, 1.165) is 16.7 Å². The van der Waals surface area contributed by atoms with Crippen LogP contribution in [0.15, 0.2) is 94.4 Å². The number of hydrogen-bond donors (Lipinski definition) is 0. The van der Waals surface area contributed by atoms with E-state index >= 15 is 0 Å². The molecule has 0 radical (unpaired) electrons. The van der Waals surface area contributed by atoms with Crippen molar-refractivity contribution in [1.29, 1.82) is 0 Å². The van der Waals surface area contributed by atoms with E-state index in [-0.39, 0.29) is 18.8 Å². The molecule has 8 nitrogen and oxygen atoms in total. The Morgan fingerprint density at radius 2 is 1.87 bits per heavy atom. The van der Waals surface area contributed by atoms with Gasteiger partial charge in [-0.25, -0.2) is 9.79 Å². The first kappa shape index (κ1) is 32.8. The van der Waals surface area contributed by atoms with Gasteiger partial charge in [-0.2, -0.15) is 0 Å². The molecule has 0 bridgehead atoms. The summed E-state index contributed by atoms with van der Waals surface area (Å²) in [5.41, 5.74) is 3.66. The Morgan fingerprint density at radius 1 is 1.07 bits per heavy atom. The van der Waals surface area contributed by atoms with Gasteiger partial charge in [0.15, 0.2) is 16.3 Å². The summed E-state index contributed by atoms with van der Waals surface area (Å²) in [7, 11) is 1.57. The van der Waals surface area contributed by atoms with Crippen molar-refractivity contribution >= 4 is 35.0 Å². The zero-order valence-electron chi connectivity index (χ0n) is 26.2. The molecule has 0 saturated carbocycles. The van der Waals surface area contributed by atoms with Crippen LogP contribution in [-0.4, -0.2) is 30.9 Å². The van der Waals surface area contributed by atoms with Gasteiger partial charge >= 0.3 is 5.97 Å². The highest BCUT2D eigenvalue weighted by atomic mass is 35.5. The summed E-state index contributed by atoms with van der Waals surface area (Å²) in [6, 6.07) is 17.9. The summed E-state index contributed by atoms with van der Waals surface area (Å²) >= 11 is 7.63. The molecule has 2 heterocycles. The normalized spacial score (nSPS) is 14.4. The lowest BCUT2D eigenvalue weighted by Crippen LogP contribution is -2.39. The average Bonchev–Trinajstić information content (AvgIpc) is 3.34. The van der Waals surface area contributed by atoms with Gasteiger partial charge in [0.1, 0.15) is 12.4 Å². The van der Waals surface area contributed by atoms with Gasteiger partial charge in [-0.3, -0.25) is 9.36 Å². The van der Waals surface area contributed by atoms with Crippen LogP contribution in [0.4, 0.5) is 0 Å². The molecule has 1 aliphatic rings. The van der Waals surface area contributed by atoms with Gasteiger partial charge in [-0.1, -0.05) is 59.3 Å². The summed E-state index contributed by atoms with van der Waals surface area (Å²) in [6.45, 7) is 10.2. The van der Waals surface area contributed by atoms with Crippen molar-refractivity contribution in [2.45, 2.75) is 39.8 Å². The van der Waals surface area contributed by atoms with E-state index in [0.29, 0.717) is 61.5 Å². The fourth-order valence-corrected chi connectivity index (χ4v) is 6.57. The Bertz CT molecular complexity index is 1990. The van der Waals surface area contributed by atoms with Crippen LogP contribution >= 0.6 is 22.9 Å². The summed E-state index contributed by atoms with van der Waals surface area (Å²) in [4.78, 5) is 32.5. The number of nitrogens with zero attached hydrogens (tertiary/aromatic N) is 2. The van der Waals surface area contributed by atoms with Crippen LogP contribution in [0.1, 0.15) is 49.1 Å². The van der Waals surface area contributed by atoms with E-state index in [2.05, 4.69) is 11.6 Å². The molecule has 238 valence electrons. The van der Waals surface area contributed by atoms with E-state index < -0.39 is 12.0 Å². The molecule has 0 unspecified atom stereocenters. The van der Waals surface area contributed by atoms with Crippen LogP contribution < -0.4 is 29.1 Å². The maximum Gasteiger partial charge on any atom is 0.338 e. The largest absolute Gasteiger partial charge is 0.497 e. The molecule has 10 heteroatoms. The third-order valence-electron chi connectivity index (χ3n) is 7.37. The molecule has 3 aromatic carbocycles. The number of carbonyl (C=O) groups is 1. The first-order valence-electron chi connectivity index (χ1n) is 14.9. The Labute approximate surface area is 276 Å². The van der Waals surface area contributed by atoms with Crippen molar-refractivity contribution in [2.24, 2.45) is 4.99 Å². The number of ether oxygens (including phenoxy) is 4. The molecule has 0 fully saturated rings. The Balaban J connectivity index is 1.64. The molecular weight excluding hydrogens is 624 g/mol. The lowest BCUT2D eigenvalue weighted by atomic mass is 9.95. The number of thiazole rings is 1. The number of carbonyl (C=O) groups excluding carboxylic acids is 1. The summed E-state index contributed by atoms with van der Waals surface area (Å²) in [5.74, 6) is 1.22. The fourth-order valence-electron chi connectivity index (χ4n) is 5.34. The first-order valence-corrected chi connectivity index (χ1v) is 16.1. The number of esters is 1. The van der Waals surface area contributed by atoms with Crippen molar-refractivity contribution in [3.63, 3.8) is 0 Å². The molecule has 0 N–H and O–H groups in total. The van der Waals surface area contributed by atoms with Crippen LogP contribution in [0.3, 0.4) is 0 Å². The number of halogens is 1. The molecule has 4 aromatic rings. The maximum atomic E-state index is 14.2. The molecule has 46 heavy (non-hydrogen) atoms. The molecule has 5 rings (SSSR count). The van der Waals surface area contributed by atoms with Gasteiger partial charge in [0.2, 0.25) is 0 Å². The monoisotopic (exact) mass is 658 g/mol. The zero-order valence-corrected chi connectivity index (χ0v) is 27.7. The Hall–Kier alpha value is -4.60. The molecule has 0 amide bonds. The molecule has 1 atom stereocenters. The minimum absolute atomic E-state index is 0.193. The predicted octanol–water partition coefficient (Wildman–Crippen LogP) is 6.17. The van der Waals surface area contributed by atoms with Gasteiger partial charge in [0.05, 0.1) is 42.2 Å². The second kappa shape index (κ2) is 14.7. The number of allylic oxidation sites excluding steroid dienone is 2. The number of aromatic nitrogens is 1. The summed E-state index contributed by atoms with van der Waals surface area (Å²) in [6.07, 6.45) is 4.11. The molecule has 1 aromatic heterocycles. The minimum Gasteiger partial charge on any atom is -0.497 e. The molecule has 0 saturated heterocycles. The zero-order chi connectivity index (χ0) is 32.8. The molecular formula is C36H35ClN2O6S. The highest BCUT2D eigenvalue weighted by molar-refractivity contribution is 7.07. The fraction of sp³-hybridized carbons (Fsp3) is 0.250. The van der Waals surface area contributed by atoms with Gasteiger partial charge in [-0.05, 0) is 74.7 Å². The predicted molar refractivity (Wildman–Crippen MR) is 181 cm³/mol. The molecule has 0 spiro atoms. The van der Waals surface area contributed by atoms with Crippen molar-refractivity contribution in [3.05, 3.63) is 132 Å². The van der Waals surface area contributed by atoms with Crippen LogP contribution in [0.25, 0.3) is 6.08 Å². The van der Waals surface area contributed by atoms with Crippen molar-refractivity contribution in [3.8, 4) is 17.2 Å². The number of hydrogen-bond acceptors (Lipinski definition) is 8. The van der Waals surface area contributed by atoms with E-state index in [1.807, 2.05) is 73.7 Å². The van der Waals surface area contributed by atoms with Gasteiger partial charge < -0.3 is 18.9 Å². The molecule has 0 aliphatic carbocycles. The lowest BCUT2D eigenvalue weighted by Gasteiger charge is -2.25. The quantitative estimate of drug-likeness (QED) is 0.134. The Kier molecular flexibility index (Phi) is 10.4. The van der Waals surface area contributed by atoms with Crippen molar-refractivity contribution < 1.29 is 23.7 Å². The van der Waals surface area contributed by atoms with E-state index in [9.17, 15) is 9.59 Å². The summed E-state index contributed by atoms with van der Waals surface area (Å²) in [5, 5.41) is 0.617. The van der Waals surface area contributed by atoms with Crippen molar-refractivity contribution in [1.82, 2.24) is 4.57 Å². The standard InChI is InChI=1S/C36H35ClN2O6S/c1-6-12-25-17-23(18-29(43-7-2)33(25)45-21-26-13-9-10-16-28(26)37)19-30-34(40)39-32(24-14-11-15-27(20-24)42-5)31(35(41)44-8-3)22(4)38-36(39)46-30/h6,9-11,13-20,32H,1,7-8,12,21H2,2-5H3/b30-19+/t32-/m1/s1. The maximum absolute atomic E-state index is 14.2. The molecule has 1 aliphatic heterocycles. The lowest BCUT2D eigenvalue weighted by molar-refractivity contribution is -0.139. The van der Waals surface area contributed by atoms with Crippen molar-refractivity contribution in [2.75, 3.05) is 20.3 Å². The van der Waals surface area contributed by atoms with Gasteiger partial charge in [0, 0.05) is 16.1 Å². The van der Waals surface area contributed by atoms with Gasteiger partial charge in [-0.15, -0.1) is 6.58 Å². The number of methoxy groups -OCH3 is 1. The van der Waals surface area contributed by atoms with E-state index in [4.69, 9.17) is 30.5 Å². The van der Waals surface area contributed by atoms with E-state index in [1.165, 1.54) is 11.3 Å². The number of benzene rings is 3. The Morgan fingerprint density at radius 3 is 2.59 bits per heavy atom. The average molecular weight is 659 g/mol. The third-order valence-corrected chi connectivity index (χ3v) is 8.72. The van der Waals surface area contributed by atoms with E-state index in [1.54, 1.807) is 31.6 Å². The van der Waals surface area contributed by atoms with Crippen LogP contribution in [-0.2, 0) is 22.6 Å². The highest BCUT2D eigenvalue weighted by Gasteiger charge is 2.33. The smallest absolute Gasteiger partial charge is 0.338 e. The second-order valence-electron chi connectivity index (χ2n) is 10.4. The SMILES string of the molecule is C=CCc1cc(/C=c2/sc3n(c2=O)[C@H](c2cccc(OC)c2)C(C(=O)OCC)=C(C)N=3)cc(OCC)c1OCc1ccccc1Cl.